The molecule has 0 aliphatic carbocycles. The van der Waals surface area contributed by atoms with Crippen molar-refractivity contribution in [1.82, 2.24) is 20.2 Å². The molecule has 0 amide bonds. The highest BCUT2D eigenvalue weighted by Crippen LogP contribution is 2.20. The minimum absolute atomic E-state index is 0.510. The number of hydrogen-bond donors (Lipinski definition) is 3. The normalized spacial score (nSPS) is 11.0. The van der Waals surface area contributed by atoms with Gasteiger partial charge < -0.3 is 0 Å². The molecule has 2 aromatic heterocycles. The lowest BCUT2D eigenvalue weighted by Gasteiger charge is -2.02. The average molecular weight is 275 g/mol. The van der Waals surface area contributed by atoms with Crippen LogP contribution in [0.25, 0.3) is 22.4 Å². The van der Waals surface area contributed by atoms with E-state index in [0.29, 0.717) is 22.5 Å². The smallest absolute Gasteiger partial charge is 0.222 e. The van der Waals surface area contributed by atoms with Gasteiger partial charge in [-0.25, -0.2) is 18.4 Å². The highest BCUT2D eigenvalue weighted by atomic mass is 32.2. The van der Waals surface area contributed by atoms with E-state index in [2.05, 4.69) is 24.9 Å². The number of fused-ring (bicyclic) bond motifs is 1. The summed E-state index contributed by atoms with van der Waals surface area (Å²) in [6, 6.07) is 6.87. The molecule has 0 aliphatic rings. The molecule has 3 rings (SSSR count). The van der Waals surface area contributed by atoms with Crippen molar-refractivity contribution in [2.24, 2.45) is 0 Å². The number of benzene rings is 1. The van der Waals surface area contributed by atoms with Crippen molar-refractivity contribution in [3.63, 3.8) is 0 Å². The fraction of sp³-hybridized carbons (Fsp3) is 0. The molecule has 2 heterocycles. The molecule has 0 unspecified atom stereocenters. The second-order valence-electron chi connectivity index (χ2n) is 3.81. The molecule has 2 N–H and O–H groups in total. The highest BCUT2D eigenvalue weighted by Gasteiger charge is 2.04. The van der Waals surface area contributed by atoms with Crippen molar-refractivity contribution in [3.8, 4) is 11.3 Å². The maximum absolute atomic E-state index is 10.5. The summed E-state index contributed by atoms with van der Waals surface area (Å²) in [6.45, 7) is 0. The van der Waals surface area contributed by atoms with Crippen LogP contribution >= 0.6 is 0 Å². The average Bonchev–Trinajstić information content (AvgIpc) is 2.86. The third-order valence-electron chi connectivity index (χ3n) is 2.56. The molecule has 19 heavy (non-hydrogen) atoms. The van der Waals surface area contributed by atoms with Gasteiger partial charge in [-0.1, -0.05) is 12.1 Å². The van der Waals surface area contributed by atoms with Crippen LogP contribution in [0.5, 0.6) is 0 Å². The Morgan fingerprint density at radius 1 is 1.11 bits per heavy atom. The van der Waals surface area contributed by atoms with Crippen LogP contribution < -0.4 is 4.72 Å². The minimum atomic E-state index is -2.65. The van der Waals surface area contributed by atoms with Crippen molar-refractivity contribution in [2.45, 2.75) is 0 Å². The van der Waals surface area contributed by atoms with E-state index < -0.39 is 10.9 Å². The van der Waals surface area contributed by atoms with Gasteiger partial charge in [0.25, 0.3) is 0 Å². The number of thiol groups is 1. The van der Waals surface area contributed by atoms with Crippen molar-refractivity contribution in [3.05, 3.63) is 36.7 Å². The monoisotopic (exact) mass is 275 g/mol. The first-order valence-corrected chi connectivity index (χ1v) is 6.58. The number of anilines is 1. The van der Waals surface area contributed by atoms with E-state index in [-0.39, 0.29) is 0 Å². The molecule has 0 fully saturated rings. The van der Waals surface area contributed by atoms with Gasteiger partial charge in [-0.3, -0.25) is 9.82 Å². The number of aromatic amines is 1. The Labute approximate surface area is 109 Å². The molecule has 0 saturated carbocycles. The summed E-state index contributed by atoms with van der Waals surface area (Å²) in [5.41, 5.74) is 3.36. The minimum Gasteiger partial charge on any atom is -0.286 e. The zero-order valence-corrected chi connectivity index (χ0v) is 10.5. The Morgan fingerprint density at radius 3 is 2.63 bits per heavy atom. The van der Waals surface area contributed by atoms with E-state index in [1.54, 1.807) is 36.7 Å². The molecule has 0 spiro atoms. The third kappa shape index (κ3) is 2.38. The third-order valence-corrected chi connectivity index (χ3v) is 3.00. The molecule has 96 valence electrons. The summed E-state index contributed by atoms with van der Waals surface area (Å²) in [4.78, 5) is 8.60. The van der Waals surface area contributed by atoms with Gasteiger partial charge >= 0.3 is 0 Å². The maximum Gasteiger partial charge on any atom is 0.222 e. The van der Waals surface area contributed by atoms with E-state index in [9.17, 15) is 8.42 Å². The zero-order chi connectivity index (χ0) is 13.2. The lowest BCUT2D eigenvalue weighted by molar-refractivity contribution is 0.619. The van der Waals surface area contributed by atoms with Gasteiger partial charge in [0.15, 0.2) is 5.65 Å². The number of rotatable bonds is 3. The van der Waals surface area contributed by atoms with Gasteiger partial charge in [-0.2, -0.15) is 5.10 Å². The number of hydrogen-bond acceptors (Lipinski definition) is 5. The van der Waals surface area contributed by atoms with Crippen molar-refractivity contribution < 1.29 is 8.42 Å². The summed E-state index contributed by atoms with van der Waals surface area (Å²) >= 11 is 0. The van der Waals surface area contributed by atoms with Gasteiger partial charge in [-0.15, -0.1) is 0 Å². The predicted octanol–water partition coefficient (Wildman–Crippen LogP) is 0.958. The number of nitrogens with zero attached hydrogens (tertiary/aromatic N) is 3. The Balaban J connectivity index is 1.96. The van der Waals surface area contributed by atoms with E-state index in [4.69, 9.17) is 0 Å². The first-order valence-electron chi connectivity index (χ1n) is 5.40. The first kappa shape index (κ1) is 11.6. The number of aromatic nitrogens is 4. The van der Waals surface area contributed by atoms with Crippen LogP contribution in [0.15, 0.2) is 36.7 Å². The largest absolute Gasteiger partial charge is 0.286 e. The molecule has 0 atom stereocenters. The van der Waals surface area contributed by atoms with Crippen LogP contribution in [0.1, 0.15) is 0 Å². The lowest BCUT2D eigenvalue weighted by Crippen LogP contribution is -1.94. The fourth-order valence-corrected chi connectivity index (χ4v) is 2.05. The number of H-pyrrole nitrogens is 1. The highest BCUT2D eigenvalue weighted by molar-refractivity contribution is 7.73. The summed E-state index contributed by atoms with van der Waals surface area (Å²) in [7, 11) is -2.65. The molecule has 3 aromatic rings. The SMILES string of the molecule is O=[SH](=O)Nc1ccc(-c2cnc3cn[nH]c3n2)cc1. The second kappa shape index (κ2) is 4.65. The van der Waals surface area contributed by atoms with Gasteiger partial charge in [0.05, 0.1) is 18.1 Å². The van der Waals surface area contributed by atoms with Gasteiger partial charge in [0, 0.05) is 11.3 Å². The molecule has 0 radical (unpaired) electrons. The molecule has 0 aliphatic heterocycles. The number of nitrogens with one attached hydrogen (secondary N) is 2. The Morgan fingerprint density at radius 2 is 1.89 bits per heavy atom. The van der Waals surface area contributed by atoms with Crippen LogP contribution in [-0.2, 0) is 10.9 Å². The quantitative estimate of drug-likeness (QED) is 0.618. The fourth-order valence-electron chi connectivity index (χ4n) is 1.69. The summed E-state index contributed by atoms with van der Waals surface area (Å²) in [5.74, 6) is 0. The predicted molar refractivity (Wildman–Crippen MR) is 71.1 cm³/mol. The second-order valence-corrected chi connectivity index (χ2v) is 4.54. The van der Waals surface area contributed by atoms with Crippen molar-refractivity contribution in [1.29, 1.82) is 0 Å². The maximum atomic E-state index is 10.5. The van der Waals surface area contributed by atoms with E-state index in [1.165, 1.54) is 0 Å². The van der Waals surface area contributed by atoms with Crippen LogP contribution in [-0.4, -0.2) is 28.6 Å². The molecule has 0 saturated heterocycles. The molecule has 7 nitrogen and oxygen atoms in total. The molecular formula is C11H9N5O2S. The summed E-state index contributed by atoms with van der Waals surface area (Å²) in [6.07, 6.45) is 3.25. The summed E-state index contributed by atoms with van der Waals surface area (Å²) < 4.78 is 23.4. The molecule has 0 bridgehead atoms. The van der Waals surface area contributed by atoms with Crippen molar-refractivity contribution in [2.75, 3.05) is 4.72 Å². The lowest BCUT2D eigenvalue weighted by atomic mass is 10.1. The van der Waals surface area contributed by atoms with Gasteiger partial charge in [-0.05, 0) is 12.1 Å². The first-order chi connectivity index (χ1) is 9.22. The zero-order valence-electron chi connectivity index (χ0n) is 9.57. The molecular weight excluding hydrogens is 266 g/mol. The van der Waals surface area contributed by atoms with Crippen LogP contribution in [0.3, 0.4) is 0 Å². The van der Waals surface area contributed by atoms with Crippen LogP contribution in [0.4, 0.5) is 5.69 Å². The molecule has 1 aromatic carbocycles. The topological polar surface area (TPSA) is 101 Å². The van der Waals surface area contributed by atoms with Gasteiger partial charge in [0.1, 0.15) is 5.52 Å². The van der Waals surface area contributed by atoms with E-state index in [0.717, 1.165) is 5.56 Å². The van der Waals surface area contributed by atoms with E-state index in [1.807, 2.05) is 0 Å². The Bertz CT molecular complexity index is 786. The van der Waals surface area contributed by atoms with Crippen LogP contribution in [0, 0.1) is 0 Å². The summed E-state index contributed by atoms with van der Waals surface area (Å²) in [5, 5.41) is 6.61. The van der Waals surface area contributed by atoms with E-state index >= 15 is 0 Å². The van der Waals surface area contributed by atoms with Crippen LogP contribution in [0.2, 0.25) is 0 Å². The van der Waals surface area contributed by atoms with Gasteiger partial charge in [0.2, 0.25) is 10.9 Å². The Hall–Kier alpha value is -2.48. The van der Waals surface area contributed by atoms with Crippen molar-refractivity contribution >= 4 is 27.7 Å². The Kier molecular flexibility index (Phi) is 2.84. The molecule has 8 heteroatoms. The standard InChI is InChI=1S/C11H9N5O2S/c17-19(18)16-8-3-1-7(2-4-8)9-5-12-10-6-13-15-11(10)14-9/h1-6,19H,(H,13,14,15)(H,16,17,18).